The number of benzene rings is 2. The molecular weight excluding hydrogens is 422 g/mol. The van der Waals surface area contributed by atoms with E-state index in [-0.39, 0.29) is 23.2 Å². The van der Waals surface area contributed by atoms with Crippen LogP contribution in [0.4, 0.5) is 0 Å². The van der Waals surface area contributed by atoms with Gasteiger partial charge in [0.1, 0.15) is 5.58 Å². The molecule has 5 nitrogen and oxygen atoms in total. The van der Waals surface area contributed by atoms with E-state index in [1.54, 1.807) is 23.1 Å². The van der Waals surface area contributed by atoms with Crippen LogP contribution >= 0.6 is 15.9 Å². The summed E-state index contributed by atoms with van der Waals surface area (Å²) in [6, 6.07) is 14.4. The first-order valence-corrected chi connectivity index (χ1v) is 10.2. The average Bonchev–Trinajstić information content (AvgIpc) is 3.31. The summed E-state index contributed by atoms with van der Waals surface area (Å²) in [5, 5.41) is 0.473. The lowest BCUT2D eigenvalue weighted by Gasteiger charge is -2.27. The number of fused-ring (bicyclic) bond motifs is 2. The largest absolute Gasteiger partial charge is 0.450 e. The first-order chi connectivity index (χ1) is 13.6. The van der Waals surface area contributed by atoms with Crippen LogP contribution in [0, 0.1) is 0 Å². The topological polar surface area (TPSA) is 59.8 Å². The highest BCUT2D eigenvalue weighted by molar-refractivity contribution is 9.10. The second kappa shape index (κ2) is 6.87. The molecule has 2 aliphatic rings. The number of ether oxygens (including phenoxy) is 1. The van der Waals surface area contributed by atoms with E-state index < -0.39 is 6.04 Å². The Morgan fingerprint density at radius 1 is 1.11 bits per heavy atom. The maximum atomic E-state index is 13.4. The van der Waals surface area contributed by atoms with E-state index in [9.17, 15) is 9.59 Å². The first kappa shape index (κ1) is 17.6. The zero-order chi connectivity index (χ0) is 19.3. The molecule has 1 fully saturated rings. The van der Waals surface area contributed by atoms with Crippen molar-refractivity contribution in [2.45, 2.75) is 25.0 Å². The van der Waals surface area contributed by atoms with Gasteiger partial charge in [0, 0.05) is 17.6 Å². The number of amides is 1. The van der Waals surface area contributed by atoms with E-state index in [2.05, 4.69) is 15.9 Å². The quantitative estimate of drug-likeness (QED) is 0.610. The smallest absolute Gasteiger partial charge is 0.291 e. The van der Waals surface area contributed by atoms with Gasteiger partial charge in [-0.1, -0.05) is 46.3 Å². The predicted octanol–water partition coefficient (Wildman–Crippen LogP) is 4.28. The molecule has 2 atom stereocenters. The highest BCUT2D eigenvalue weighted by atomic mass is 79.9. The zero-order valence-electron chi connectivity index (χ0n) is 15.1. The molecule has 1 aromatic heterocycles. The van der Waals surface area contributed by atoms with Crippen LogP contribution in [0.2, 0.25) is 0 Å². The van der Waals surface area contributed by atoms with Crippen LogP contribution in [0.1, 0.15) is 40.6 Å². The summed E-state index contributed by atoms with van der Waals surface area (Å²) in [4.78, 5) is 28.4. The second-order valence-electron chi connectivity index (χ2n) is 7.22. The van der Waals surface area contributed by atoms with Crippen LogP contribution < -0.4 is 5.43 Å². The van der Waals surface area contributed by atoms with Crippen LogP contribution in [0.15, 0.2) is 62.2 Å². The summed E-state index contributed by atoms with van der Waals surface area (Å²) in [7, 11) is 0. The lowest BCUT2D eigenvalue weighted by atomic mass is 9.98. The highest BCUT2D eigenvalue weighted by Gasteiger charge is 2.43. The van der Waals surface area contributed by atoms with Gasteiger partial charge in [-0.2, -0.15) is 0 Å². The van der Waals surface area contributed by atoms with Gasteiger partial charge in [-0.05, 0) is 36.6 Å². The van der Waals surface area contributed by atoms with Gasteiger partial charge in [-0.3, -0.25) is 9.59 Å². The molecule has 5 rings (SSSR count). The number of hydrogen-bond acceptors (Lipinski definition) is 4. The molecule has 28 heavy (non-hydrogen) atoms. The molecule has 0 radical (unpaired) electrons. The highest BCUT2D eigenvalue weighted by Crippen LogP contribution is 2.39. The van der Waals surface area contributed by atoms with E-state index in [0.717, 1.165) is 22.9 Å². The molecule has 142 valence electrons. The first-order valence-electron chi connectivity index (χ1n) is 9.37. The van der Waals surface area contributed by atoms with E-state index in [0.29, 0.717) is 29.7 Å². The van der Waals surface area contributed by atoms with Crippen molar-refractivity contribution < 1.29 is 13.9 Å². The fourth-order valence-electron chi connectivity index (χ4n) is 4.17. The monoisotopic (exact) mass is 439 g/mol. The van der Waals surface area contributed by atoms with Gasteiger partial charge in [-0.25, -0.2) is 0 Å². The predicted molar refractivity (Wildman–Crippen MR) is 108 cm³/mol. The second-order valence-corrected chi connectivity index (χ2v) is 8.14. The minimum atomic E-state index is -0.465. The molecule has 0 unspecified atom stereocenters. The third kappa shape index (κ3) is 2.79. The van der Waals surface area contributed by atoms with Crippen LogP contribution in [0.3, 0.4) is 0 Å². The molecule has 0 saturated carbocycles. The fourth-order valence-corrected chi connectivity index (χ4v) is 4.53. The van der Waals surface area contributed by atoms with E-state index >= 15 is 0 Å². The summed E-state index contributed by atoms with van der Waals surface area (Å²) < 4.78 is 12.5. The number of rotatable bonds is 3. The molecule has 3 heterocycles. The average molecular weight is 440 g/mol. The van der Waals surface area contributed by atoms with Crippen molar-refractivity contribution in [1.82, 2.24) is 4.90 Å². The standard InChI is InChI=1S/C22H18BrNO4/c23-14-8-9-17-16(11-14)20(25)18-19(13-5-2-1-3-6-13)24(22(26)21(18)28-17)12-15-7-4-10-27-15/h1-3,5-6,8-9,11,15,19H,4,7,10,12H2/t15-,19+/m0/s1. The molecule has 3 aromatic rings. The molecule has 0 aliphatic carbocycles. The molecule has 0 bridgehead atoms. The molecule has 0 spiro atoms. The summed E-state index contributed by atoms with van der Waals surface area (Å²) >= 11 is 3.41. The molecule has 6 heteroatoms. The van der Waals surface area contributed by atoms with E-state index in [1.165, 1.54) is 0 Å². The van der Waals surface area contributed by atoms with Crippen molar-refractivity contribution in [1.29, 1.82) is 0 Å². The number of carbonyl (C=O) groups excluding carboxylic acids is 1. The van der Waals surface area contributed by atoms with Crippen LogP contribution in [-0.4, -0.2) is 30.1 Å². The normalized spacial score (nSPS) is 21.5. The molecule has 0 N–H and O–H groups in total. The Bertz CT molecular complexity index is 1120. The van der Waals surface area contributed by atoms with Gasteiger partial charge in [0.2, 0.25) is 5.76 Å². The number of carbonyl (C=O) groups is 1. The van der Waals surface area contributed by atoms with Gasteiger partial charge in [0.05, 0.1) is 23.1 Å². The minimum absolute atomic E-state index is 0.0110. The van der Waals surface area contributed by atoms with E-state index in [1.807, 2.05) is 30.3 Å². The fraction of sp³-hybridized carbons (Fsp3) is 0.273. The van der Waals surface area contributed by atoms with Crippen LogP contribution in [-0.2, 0) is 4.74 Å². The minimum Gasteiger partial charge on any atom is -0.450 e. The van der Waals surface area contributed by atoms with Gasteiger partial charge in [0.15, 0.2) is 5.43 Å². The van der Waals surface area contributed by atoms with Crippen molar-refractivity contribution >= 4 is 32.8 Å². The number of halogens is 1. The molecule has 2 aliphatic heterocycles. The Labute approximate surface area is 170 Å². The van der Waals surface area contributed by atoms with Crippen molar-refractivity contribution in [2.75, 3.05) is 13.2 Å². The Morgan fingerprint density at radius 2 is 1.93 bits per heavy atom. The lowest BCUT2D eigenvalue weighted by molar-refractivity contribution is 0.0486. The van der Waals surface area contributed by atoms with Crippen molar-refractivity contribution in [3.05, 3.63) is 80.1 Å². The molecule has 1 saturated heterocycles. The third-order valence-electron chi connectivity index (χ3n) is 5.47. The van der Waals surface area contributed by atoms with Crippen molar-refractivity contribution in [3.8, 4) is 0 Å². The summed E-state index contributed by atoms with van der Waals surface area (Å²) in [6.45, 7) is 1.16. The maximum Gasteiger partial charge on any atom is 0.291 e. The maximum absolute atomic E-state index is 13.4. The molecule has 1 amide bonds. The van der Waals surface area contributed by atoms with Gasteiger partial charge < -0.3 is 14.1 Å². The summed E-state index contributed by atoms with van der Waals surface area (Å²) in [5.41, 5.74) is 1.58. The number of hydrogen-bond donors (Lipinski definition) is 0. The SMILES string of the molecule is O=C1c2oc3ccc(Br)cc3c(=O)c2[C@@H](c2ccccc2)N1C[C@@H]1CCCO1. The Hall–Kier alpha value is -2.44. The van der Waals surface area contributed by atoms with Gasteiger partial charge in [0.25, 0.3) is 5.91 Å². The molecule has 2 aromatic carbocycles. The third-order valence-corrected chi connectivity index (χ3v) is 5.96. The Balaban J connectivity index is 1.71. The Kier molecular flexibility index (Phi) is 4.33. The summed E-state index contributed by atoms with van der Waals surface area (Å²) in [5.74, 6) is -0.104. The van der Waals surface area contributed by atoms with Gasteiger partial charge in [-0.15, -0.1) is 0 Å². The summed E-state index contributed by atoms with van der Waals surface area (Å²) in [6.07, 6.45) is 1.89. The number of nitrogens with zero attached hydrogens (tertiary/aromatic N) is 1. The Morgan fingerprint density at radius 3 is 2.68 bits per heavy atom. The lowest BCUT2D eigenvalue weighted by Crippen LogP contribution is -2.36. The van der Waals surface area contributed by atoms with Crippen LogP contribution in [0.25, 0.3) is 11.0 Å². The van der Waals surface area contributed by atoms with Crippen molar-refractivity contribution in [2.24, 2.45) is 0 Å². The van der Waals surface area contributed by atoms with Crippen molar-refractivity contribution in [3.63, 3.8) is 0 Å². The molecular formula is C22H18BrNO4. The van der Waals surface area contributed by atoms with E-state index in [4.69, 9.17) is 9.15 Å². The van der Waals surface area contributed by atoms with Crippen LogP contribution in [0.5, 0.6) is 0 Å². The van der Waals surface area contributed by atoms with Gasteiger partial charge >= 0.3 is 0 Å². The zero-order valence-corrected chi connectivity index (χ0v) is 16.6.